The predicted octanol–water partition coefficient (Wildman–Crippen LogP) is 2.91. The van der Waals surface area contributed by atoms with Gasteiger partial charge in [0.25, 0.3) is 0 Å². The number of nitrogens with zero attached hydrogens (tertiary/aromatic N) is 1. The average molecular weight is 351 g/mol. The summed E-state index contributed by atoms with van der Waals surface area (Å²) in [5.74, 6) is 0.105. The molecule has 1 amide bonds. The van der Waals surface area contributed by atoms with E-state index >= 15 is 0 Å². The summed E-state index contributed by atoms with van der Waals surface area (Å²) in [7, 11) is 0. The van der Waals surface area contributed by atoms with Crippen molar-refractivity contribution < 1.29 is 9.90 Å². The minimum atomic E-state index is -0.966. The smallest absolute Gasteiger partial charge is 0.227 e. The number of nitrogens with two attached hydrogens (primary N) is 1. The van der Waals surface area contributed by atoms with Crippen molar-refractivity contribution in [1.82, 2.24) is 4.90 Å². The Bertz CT molecular complexity index is 616. The number of aliphatic hydroxyl groups is 1. The van der Waals surface area contributed by atoms with Crippen LogP contribution < -0.4 is 5.73 Å². The van der Waals surface area contributed by atoms with Crippen LogP contribution in [0.4, 0.5) is 0 Å². The van der Waals surface area contributed by atoms with Crippen LogP contribution in [-0.4, -0.2) is 35.0 Å². The van der Waals surface area contributed by atoms with Crippen molar-refractivity contribution in [3.63, 3.8) is 0 Å². The van der Waals surface area contributed by atoms with Gasteiger partial charge in [0.2, 0.25) is 5.91 Å². The van der Waals surface area contributed by atoms with E-state index in [1.807, 2.05) is 30.9 Å². The third kappa shape index (κ3) is 2.96. The topological polar surface area (TPSA) is 66.6 Å². The maximum absolute atomic E-state index is 12.8. The second-order valence-electron chi connectivity index (χ2n) is 7.96. The maximum atomic E-state index is 12.8. The Morgan fingerprint density at radius 3 is 2.50 bits per heavy atom. The largest absolute Gasteiger partial charge is 0.384 e. The molecule has 2 fully saturated rings. The molecule has 1 aliphatic carbocycles. The molecule has 0 spiro atoms. The highest BCUT2D eigenvalue weighted by molar-refractivity contribution is 6.30. The van der Waals surface area contributed by atoms with E-state index < -0.39 is 11.0 Å². The van der Waals surface area contributed by atoms with Gasteiger partial charge in [0, 0.05) is 29.6 Å². The molecule has 2 aliphatic rings. The highest BCUT2D eigenvalue weighted by atomic mass is 35.5. The zero-order valence-corrected chi connectivity index (χ0v) is 15.2. The fraction of sp³-hybridized carbons (Fsp3) is 0.632. The molecule has 24 heavy (non-hydrogen) atoms. The quantitative estimate of drug-likeness (QED) is 0.861. The Kier molecular flexibility index (Phi) is 4.67. The van der Waals surface area contributed by atoms with Crippen molar-refractivity contribution in [2.24, 2.45) is 17.1 Å². The predicted molar refractivity (Wildman–Crippen MR) is 95.6 cm³/mol. The summed E-state index contributed by atoms with van der Waals surface area (Å²) >= 11 is 5.97. The van der Waals surface area contributed by atoms with Gasteiger partial charge < -0.3 is 15.7 Å². The number of rotatable bonds is 2. The first-order chi connectivity index (χ1) is 11.2. The minimum absolute atomic E-state index is 0.0160. The molecule has 4 nitrogen and oxygen atoms in total. The number of hydrogen-bond donors (Lipinski definition) is 2. The lowest BCUT2D eigenvalue weighted by atomic mass is 9.66. The maximum Gasteiger partial charge on any atom is 0.227 e. The van der Waals surface area contributed by atoms with Crippen molar-refractivity contribution in [1.29, 1.82) is 0 Å². The summed E-state index contributed by atoms with van der Waals surface area (Å²) in [6, 6.07) is 7.36. The van der Waals surface area contributed by atoms with Gasteiger partial charge in [-0.05, 0) is 37.0 Å². The number of hydrogen-bond acceptors (Lipinski definition) is 3. The van der Waals surface area contributed by atoms with Crippen LogP contribution in [0.3, 0.4) is 0 Å². The number of likely N-dealkylation sites (tertiary alicyclic amines) is 1. The number of piperidine rings is 1. The minimum Gasteiger partial charge on any atom is -0.384 e. The first-order valence-electron chi connectivity index (χ1n) is 8.77. The molecule has 1 saturated heterocycles. The van der Waals surface area contributed by atoms with Gasteiger partial charge in [0.05, 0.1) is 11.5 Å². The first kappa shape index (κ1) is 17.7. The standard InChI is InChI=1S/C19H27ClN2O2/c1-18(2)12-22(17(23)15-4-3-5-16(15)21)11-10-19(18,24)13-6-8-14(20)9-7-13/h6-9,15-16,24H,3-5,10-12,21H2,1-2H3/t15-,16+,19?/m0/s1. The Labute approximate surface area is 149 Å². The number of halogens is 1. The zero-order chi connectivity index (χ0) is 17.5. The fourth-order valence-corrected chi connectivity index (χ4v) is 4.43. The molecule has 1 aliphatic heterocycles. The number of benzene rings is 1. The molecule has 3 rings (SSSR count). The van der Waals surface area contributed by atoms with Gasteiger partial charge >= 0.3 is 0 Å². The normalized spacial score (nSPS) is 32.8. The molecule has 3 N–H and O–H groups in total. The van der Waals surface area contributed by atoms with Crippen LogP contribution >= 0.6 is 11.6 Å². The van der Waals surface area contributed by atoms with Gasteiger partial charge in [0.1, 0.15) is 0 Å². The summed E-state index contributed by atoms with van der Waals surface area (Å²) in [5.41, 5.74) is 5.55. The molecule has 1 saturated carbocycles. The van der Waals surface area contributed by atoms with E-state index in [1.54, 1.807) is 12.1 Å². The van der Waals surface area contributed by atoms with E-state index in [0.717, 1.165) is 24.8 Å². The lowest BCUT2D eigenvalue weighted by molar-refractivity contribution is -0.156. The fourth-order valence-electron chi connectivity index (χ4n) is 4.30. The number of carbonyl (C=O) groups excluding carboxylic acids is 1. The summed E-state index contributed by atoms with van der Waals surface area (Å²) in [6.45, 7) is 5.14. The molecular formula is C19H27ClN2O2. The molecule has 1 aromatic carbocycles. The molecule has 3 atom stereocenters. The van der Waals surface area contributed by atoms with Crippen LogP contribution in [-0.2, 0) is 10.4 Å². The highest BCUT2D eigenvalue weighted by Gasteiger charge is 2.50. The van der Waals surface area contributed by atoms with Crippen LogP contribution in [0.2, 0.25) is 5.02 Å². The van der Waals surface area contributed by atoms with Crippen LogP contribution in [0.1, 0.15) is 45.1 Å². The van der Waals surface area contributed by atoms with E-state index in [1.165, 1.54) is 0 Å². The summed E-state index contributed by atoms with van der Waals surface area (Å²) < 4.78 is 0. The van der Waals surface area contributed by atoms with Crippen molar-refractivity contribution in [3.05, 3.63) is 34.9 Å². The molecule has 1 unspecified atom stereocenters. The zero-order valence-electron chi connectivity index (χ0n) is 14.5. The third-order valence-electron chi connectivity index (χ3n) is 5.97. The SMILES string of the molecule is CC1(C)CN(C(=O)[C@H]2CCC[C@H]2N)CCC1(O)c1ccc(Cl)cc1. The first-order valence-corrected chi connectivity index (χ1v) is 9.15. The van der Waals surface area contributed by atoms with Crippen LogP contribution in [0, 0.1) is 11.3 Å². The van der Waals surface area contributed by atoms with Crippen LogP contribution in [0.5, 0.6) is 0 Å². The monoisotopic (exact) mass is 350 g/mol. The molecule has 1 aromatic rings. The third-order valence-corrected chi connectivity index (χ3v) is 6.22. The van der Waals surface area contributed by atoms with Gasteiger partial charge in [-0.25, -0.2) is 0 Å². The van der Waals surface area contributed by atoms with Gasteiger partial charge in [0.15, 0.2) is 0 Å². The Morgan fingerprint density at radius 2 is 1.96 bits per heavy atom. The molecule has 1 heterocycles. The highest BCUT2D eigenvalue weighted by Crippen LogP contribution is 2.46. The van der Waals surface area contributed by atoms with Crippen molar-refractivity contribution >= 4 is 17.5 Å². The van der Waals surface area contributed by atoms with E-state index in [0.29, 0.717) is 24.5 Å². The molecule has 0 aromatic heterocycles. The number of carbonyl (C=O) groups is 1. The van der Waals surface area contributed by atoms with E-state index in [4.69, 9.17) is 17.3 Å². The van der Waals surface area contributed by atoms with Crippen molar-refractivity contribution in [2.75, 3.05) is 13.1 Å². The molecular weight excluding hydrogens is 324 g/mol. The summed E-state index contributed by atoms with van der Waals surface area (Å²) in [4.78, 5) is 14.7. The van der Waals surface area contributed by atoms with E-state index in [2.05, 4.69) is 0 Å². The van der Waals surface area contributed by atoms with E-state index in [-0.39, 0.29) is 17.9 Å². The van der Waals surface area contributed by atoms with Gasteiger partial charge in [-0.3, -0.25) is 4.79 Å². The van der Waals surface area contributed by atoms with Gasteiger partial charge in [-0.15, -0.1) is 0 Å². The Hall–Kier alpha value is -1.10. The average Bonchev–Trinajstić information content (AvgIpc) is 2.96. The van der Waals surface area contributed by atoms with Crippen LogP contribution in [0.25, 0.3) is 0 Å². The molecule has 0 bridgehead atoms. The second kappa shape index (κ2) is 6.32. The van der Waals surface area contributed by atoms with E-state index in [9.17, 15) is 9.90 Å². The van der Waals surface area contributed by atoms with Crippen molar-refractivity contribution in [3.8, 4) is 0 Å². The van der Waals surface area contributed by atoms with Gasteiger partial charge in [-0.1, -0.05) is 44.0 Å². The second-order valence-corrected chi connectivity index (χ2v) is 8.40. The molecule has 5 heteroatoms. The Balaban J connectivity index is 1.79. The Morgan fingerprint density at radius 1 is 1.29 bits per heavy atom. The van der Waals surface area contributed by atoms with Crippen molar-refractivity contribution in [2.45, 2.75) is 51.2 Å². The lowest BCUT2D eigenvalue weighted by Crippen LogP contribution is -2.58. The van der Waals surface area contributed by atoms with Gasteiger partial charge in [-0.2, -0.15) is 0 Å². The summed E-state index contributed by atoms with van der Waals surface area (Å²) in [6.07, 6.45) is 3.37. The van der Waals surface area contributed by atoms with Crippen LogP contribution in [0.15, 0.2) is 24.3 Å². The number of amides is 1. The summed E-state index contributed by atoms with van der Waals surface area (Å²) in [5, 5.41) is 12.0. The lowest BCUT2D eigenvalue weighted by Gasteiger charge is -2.51. The molecule has 132 valence electrons. The molecule has 0 radical (unpaired) electrons.